The Morgan fingerprint density at radius 3 is 2.48 bits per heavy atom. The van der Waals surface area contributed by atoms with Crippen LogP contribution in [0.15, 0.2) is 12.2 Å². The average molecular weight is 475 g/mol. The average Bonchev–Trinajstić information content (AvgIpc) is 3.45. The molecule has 0 heterocycles. The molecule has 0 aromatic rings. The molecular formula is C19H30N4O6S2. The van der Waals surface area contributed by atoms with E-state index in [0.29, 0.717) is 18.6 Å². The van der Waals surface area contributed by atoms with Gasteiger partial charge in [-0.25, -0.2) is 0 Å². The molecule has 1 aliphatic carbocycles. The minimum atomic E-state index is -0.826. The summed E-state index contributed by atoms with van der Waals surface area (Å²) in [4.78, 5) is 57.0. The van der Waals surface area contributed by atoms with Crippen molar-refractivity contribution in [3.63, 3.8) is 0 Å². The number of nitrogens with one attached hydrogen (secondary N) is 4. The molecule has 0 spiro atoms. The van der Waals surface area contributed by atoms with Gasteiger partial charge >= 0.3 is 5.97 Å². The number of likely N-dealkylation sites (N-methyl/N-ethyl adjacent to an activating group) is 1. The largest absolute Gasteiger partial charge is 0.456 e. The maximum atomic E-state index is 12.0. The van der Waals surface area contributed by atoms with E-state index in [2.05, 4.69) is 21.3 Å². The number of hydrogen-bond acceptors (Lipinski definition) is 8. The molecule has 0 saturated heterocycles. The van der Waals surface area contributed by atoms with E-state index in [4.69, 9.17) is 4.74 Å². The van der Waals surface area contributed by atoms with Crippen LogP contribution in [-0.2, 0) is 28.7 Å². The van der Waals surface area contributed by atoms with Crippen LogP contribution >= 0.6 is 21.6 Å². The zero-order valence-corrected chi connectivity index (χ0v) is 19.4. The van der Waals surface area contributed by atoms with E-state index < -0.39 is 18.0 Å². The second-order valence-corrected chi connectivity index (χ2v) is 9.67. The summed E-state index contributed by atoms with van der Waals surface area (Å²) in [6.07, 6.45) is 5.50. The molecule has 0 aromatic carbocycles. The van der Waals surface area contributed by atoms with E-state index in [0.717, 1.165) is 18.6 Å². The minimum absolute atomic E-state index is 0.00856. The predicted octanol–water partition coefficient (Wildman–Crippen LogP) is -0.107. The fourth-order valence-corrected chi connectivity index (χ4v) is 4.04. The fourth-order valence-electron chi connectivity index (χ4n) is 2.21. The SMILES string of the molecule is CNC(=O)CNC(=O)CC(/C=C/CCSSCC(=O)NC1(C)CC1)OC(=O)CNC=O. The zero-order valence-electron chi connectivity index (χ0n) is 17.7. The Morgan fingerprint density at radius 2 is 1.84 bits per heavy atom. The van der Waals surface area contributed by atoms with Gasteiger partial charge in [-0.3, -0.25) is 24.0 Å². The Kier molecular flexibility index (Phi) is 12.8. The summed E-state index contributed by atoms with van der Waals surface area (Å²) in [5, 5.41) is 10.0. The van der Waals surface area contributed by atoms with E-state index in [-0.39, 0.29) is 36.9 Å². The maximum Gasteiger partial charge on any atom is 0.326 e. The van der Waals surface area contributed by atoms with Crippen molar-refractivity contribution >= 4 is 51.7 Å². The fraction of sp³-hybridized carbons (Fsp3) is 0.632. The second kappa shape index (κ2) is 14.7. The number of rotatable bonds is 16. The minimum Gasteiger partial charge on any atom is -0.456 e. The molecule has 4 N–H and O–H groups in total. The number of allylic oxidation sites excluding steroid dienone is 1. The van der Waals surface area contributed by atoms with Gasteiger partial charge in [0.15, 0.2) is 0 Å². The lowest BCUT2D eigenvalue weighted by Gasteiger charge is -2.14. The third-order valence-corrected chi connectivity index (χ3v) is 6.46. The first-order chi connectivity index (χ1) is 14.8. The van der Waals surface area contributed by atoms with Crippen molar-refractivity contribution in [2.45, 2.75) is 44.2 Å². The summed E-state index contributed by atoms with van der Waals surface area (Å²) in [6.45, 7) is 1.55. The molecule has 4 amide bonds. The van der Waals surface area contributed by atoms with Gasteiger partial charge in [-0.05, 0) is 32.3 Å². The molecular weight excluding hydrogens is 444 g/mol. The molecule has 1 unspecified atom stereocenters. The monoisotopic (exact) mass is 474 g/mol. The third-order valence-electron chi connectivity index (χ3n) is 4.16. The Hall–Kier alpha value is -2.21. The molecule has 12 heteroatoms. The van der Waals surface area contributed by atoms with Gasteiger partial charge < -0.3 is 26.0 Å². The topological polar surface area (TPSA) is 143 Å². The van der Waals surface area contributed by atoms with E-state index in [1.54, 1.807) is 22.9 Å². The summed E-state index contributed by atoms with van der Waals surface area (Å²) in [6, 6.07) is 0. The maximum absolute atomic E-state index is 12.0. The van der Waals surface area contributed by atoms with Crippen LogP contribution in [0.25, 0.3) is 0 Å². The Labute approximate surface area is 189 Å². The molecule has 1 rings (SSSR count). The predicted molar refractivity (Wildman–Crippen MR) is 120 cm³/mol. The van der Waals surface area contributed by atoms with Gasteiger partial charge in [0.05, 0.1) is 18.7 Å². The highest BCUT2D eigenvalue weighted by atomic mass is 33.1. The van der Waals surface area contributed by atoms with Gasteiger partial charge in [-0.2, -0.15) is 0 Å². The summed E-state index contributed by atoms with van der Waals surface area (Å²) in [5.41, 5.74) is -0.00856. The molecule has 0 aromatic heterocycles. The molecule has 1 saturated carbocycles. The third kappa shape index (κ3) is 13.7. The standard InChI is InChI=1S/C19H30N4O6S2/c1-19(6-7-19)23-17(27)12-31-30-8-4-3-5-14(29-18(28)11-21-13-24)9-15(25)22-10-16(26)20-2/h3,5,13-14H,4,6-12H2,1-2H3,(H,20,26)(H,21,24)(H,22,25)(H,23,27)/b5-3+. The molecule has 31 heavy (non-hydrogen) atoms. The number of ether oxygens (including phenoxy) is 1. The Morgan fingerprint density at radius 1 is 1.10 bits per heavy atom. The summed E-state index contributed by atoms with van der Waals surface area (Å²) in [7, 11) is 4.49. The molecule has 0 aliphatic heterocycles. The van der Waals surface area contributed by atoms with Crippen molar-refractivity contribution in [1.29, 1.82) is 0 Å². The van der Waals surface area contributed by atoms with Crippen LogP contribution in [0.5, 0.6) is 0 Å². The molecule has 1 fully saturated rings. The molecule has 1 atom stereocenters. The van der Waals surface area contributed by atoms with E-state index in [1.165, 1.54) is 17.8 Å². The van der Waals surface area contributed by atoms with Gasteiger partial charge in [-0.1, -0.05) is 27.7 Å². The van der Waals surface area contributed by atoms with Crippen molar-refractivity contribution in [2.24, 2.45) is 0 Å². The molecule has 1 aliphatic rings. The summed E-state index contributed by atoms with van der Waals surface area (Å²) >= 11 is 0. The molecule has 0 radical (unpaired) electrons. The first-order valence-corrected chi connectivity index (χ1v) is 12.3. The number of carbonyl (C=O) groups is 5. The van der Waals surface area contributed by atoms with Gasteiger partial charge in [0.1, 0.15) is 12.6 Å². The van der Waals surface area contributed by atoms with Crippen LogP contribution in [0.2, 0.25) is 0 Å². The van der Waals surface area contributed by atoms with Gasteiger partial charge in [0, 0.05) is 18.3 Å². The lowest BCUT2D eigenvalue weighted by atomic mass is 10.2. The summed E-state index contributed by atoms with van der Waals surface area (Å²) in [5.74, 6) is -0.314. The normalized spacial score (nSPS) is 14.9. The number of esters is 1. The Balaban J connectivity index is 2.34. The summed E-state index contributed by atoms with van der Waals surface area (Å²) < 4.78 is 5.19. The van der Waals surface area contributed by atoms with Gasteiger partial charge in [-0.15, -0.1) is 0 Å². The van der Waals surface area contributed by atoms with Crippen molar-refractivity contribution in [2.75, 3.05) is 31.6 Å². The van der Waals surface area contributed by atoms with E-state index in [1.807, 2.05) is 6.92 Å². The second-order valence-electron chi connectivity index (χ2n) is 7.09. The highest BCUT2D eigenvalue weighted by molar-refractivity contribution is 8.76. The van der Waals surface area contributed by atoms with Gasteiger partial charge in [0.25, 0.3) is 0 Å². The van der Waals surface area contributed by atoms with Crippen LogP contribution in [0.1, 0.15) is 32.6 Å². The van der Waals surface area contributed by atoms with E-state index >= 15 is 0 Å². The highest BCUT2D eigenvalue weighted by Gasteiger charge is 2.38. The van der Waals surface area contributed by atoms with Crippen LogP contribution < -0.4 is 21.3 Å². The van der Waals surface area contributed by atoms with Crippen LogP contribution in [0.3, 0.4) is 0 Å². The van der Waals surface area contributed by atoms with Crippen molar-refractivity contribution in [3.05, 3.63) is 12.2 Å². The van der Waals surface area contributed by atoms with Crippen molar-refractivity contribution in [1.82, 2.24) is 21.3 Å². The Bertz CT molecular complexity index is 670. The van der Waals surface area contributed by atoms with Crippen LogP contribution in [0.4, 0.5) is 0 Å². The zero-order chi connectivity index (χ0) is 23.1. The molecule has 0 bridgehead atoms. The molecule has 174 valence electrons. The lowest BCUT2D eigenvalue weighted by molar-refractivity contribution is -0.147. The van der Waals surface area contributed by atoms with Crippen molar-refractivity contribution < 1.29 is 28.7 Å². The molecule has 10 nitrogen and oxygen atoms in total. The number of hydrogen-bond donors (Lipinski definition) is 4. The van der Waals surface area contributed by atoms with E-state index in [9.17, 15) is 24.0 Å². The van der Waals surface area contributed by atoms with Crippen molar-refractivity contribution in [3.8, 4) is 0 Å². The van der Waals surface area contributed by atoms with Crippen LogP contribution in [0, 0.1) is 0 Å². The number of carbonyl (C=O) groups excluding carboxylic acids is 5. The van der Waals surface area contributed by atoms with Gasteiger partial charge in [0.2, 0.25) is 24.1 Å². The van der Waals surface area contributed by atoms with Crippen LogP contribution in [-0.4, -0.2) is 73.4 Å². The first-order valence-electron chi connectivity index (χ1n) is 9.84. The number of amides is 4. The smallest absolute Gasteiger partial charge is 0.326 e. The highest BCUT2D eigenvalue weighted by Crippen LogP contribution is 2.34. The first kappa shape index (κ1) is 26.8. The quantitative estimate of drug-likeness (QED) is 0.0798. The lowest BCUT2D eigenvalue weighted by Crippen LogP contribution is -2.37.